The summed E-state index contributed by atoms with van der Waals surface area (Å²) >= 11 is 0. The lowest BCUT2D eigenvalue weighted by atomic mass is 9.79. The van der Waals surface area contributed by atoms with E-state index in [1.54, 1.807) is 0 Å². The van der Waals surface area contributed by atoms with E-state index in [0.29, 0.717) is 19.4 Å². The predicted molar refractivity (Wildman–Crippen MR) is 142 cm³/mol. The zero-order valence-electron chi connectivity index (χ0n) is 20.3. The number of benzene rings is 3. The van der Waals surface area contributed by atoms with Crippen molar-refractivity contribution >= 4 is 44.1 Å². The summed E-state index contributed by atoms with van der Waals surface area (Å²) in [4.78, 5) is 2.08. The summed E-state index contributed by atoms with van der Waals surface area (Å²) in [7, 11) is 0.118. The molecule has 34 heavy (non-hydrogen) atoms. The first-order valence-corrected chi connectivity index (χ1v) is 13.3. The van der Waals surface area contributed by atoms with E-state index in [1.165, 1.54) is 22.0 Å². The summed E-state index contributed by atoms with van der Waals surface area (Å²) < 4.78 is 33.8. The molecular formula is C28H33N2O3S+. The third kappa shape index (κ3) is 4.93. The third-order valence-electron chi connectivity index (χ3n) is 6.63. The van der Waals surface area contributed by atoms with Crippen molar-refractivity contribution in [2.24, 2.45) is 0 Å². The molecule has 1 aliphatic heterocycles. The van der Waals surface area contributed by atoms with Crippen LogP contribution < -0.4 is 4.90 Å². The average Bonchev–Trinajstić information content (AvgIpc) is 3.01. The highest BCUT2D eigenvalue weighted by atomic mass is 32.2. The van der Waals surface area contributed by atoms with Gasteiger partial charge in [-0.25, -0.2) is 0 Å². The van der Waals surface area contributed by atoms with Crippen molar-refractivity contribution in [3.63, 3.8) is 0 Å². The number of fused-ring (bicyclic) bond motifs is 3. The molecule has 5 nitrogen and oxygen atoms in total. The molecule has 0 atom stereocenters. The average molecular weight is 478 g/mol. The SMILES string of the molecule is CN(C)c1ccc(/C=C/C2=[N+](CCCCS(=O)(=O)O)c3ccc4ccccc4c3C2(C)C)cc1. The Balaban J connectivity index is 1.74. The zero-order valence-corrected chi connectivity index (χ0v) is 21.1. The molecular weight excluding hydrogens is 444 g/mol. The molecule has 1 aliphatic rings. The lowest BCUT2D eigenvalue weighted by Crippen LogP contribution is -2.28. The molecule has 0 saturated heterocycles. The van der Waals surface area contributed by atoms with E-state index >= 15 is 0 Å². The second-order valence-electron chi connectivity index (χ2n) is 9.66. The van der Waals surface area contributed by atoms with Gasteiger partial charge >= 0.3 is 0 Å². The highest BCUT2D eigenvalue weighted by Gasteiger charge is 2.45. The Morgan fingerprint density at radius 3 is 2.32 bits per heavy atom. The van der Waals surface area contributed by atoms with Crippen molar-refractivity contribution in [1.82, 2.24) is 0 Å². The van der Waals surface area contributed by atoms with E-state index in [0.717, 1.165) is 16.9 Å². The first kappa shape index (κ1) is 24.2. The van der Waals surface area contributed by atoms with Crippen LogP contribution in [-0.4, -0.2) is 49.7 Å². The first-order chi connectivity index (χ1) is 16.1. The van der Waals surface area contributed by atoms with Crippen LogP contribution >= 0.6 is 0 Å². The molecule has 0 unspecified atom stereocenters. The molecule has 0 bridgehead atoms. The number of allylic oxidation sites excluding steroid dienone is 1. The molecule has 0 fully saturated rings. The van der Waals surface area contributed by atoms with E-state index in [4.69, 9.17) is 4.55 Å². The highest BCUT2D eigenvalue weighted by Crippen LogP contribution is 2.44. The number of unbranched alkanes of at least 4 members (excludes halogenated alkanes) is 1. The van der Waals surface area contributed by atoms with Gasteiger partial charge in [0, 0.05) is 43.9 Å². The highest BCUT2D eigenvalue weighted by molar-refractivity contribution is 7.85. The van der Waals surface area contributed by atoms with Crippen molar-refractivity contribution < 1.29 is 17.5 Å². The normalized spacial score (nSPS) is 15.3. The molecule has 178 valence electrons. The van der Waals surface area contributed by atoms with Gasteiger partial charge < -0.3 is 4.90 Å². The fourth-order valence-corrected chi connectivity index (χ4v) is 5.46. The molecule has 3 aromatic carbocycles. The second kappa shape index (κ2) is 9.35. The van der Waals surface area contributed by atoms with Gasteiger partial charge in [-0.3, -0.25) is 4.55 Å². The number of hydrogen-bond donors (Lipinski definition) is 1. The maximum absolute atomic E-state index is 11.2. The van der Waals surface area contributed by atoms with Crippen molar-refractivity contribution in [2.45, 2.75) is 32.1 Å². The van der Waals surface area contributed by atoms with E-state index in [9.17, 15) is 8.42 Å². The smallest absolute Gasteiger partial charge is 0.264 e. The Bertz CT molecular complexity index is 1370. The van der Waals surface area contributed by atoms with E-state index in [1.807, 2.05) is 14.1 Å². The van der Waals surface area contributed by atoms with Gasteiger partial charge in [-0.2, -0.15) is 13.0 Å². The molecule has 0 amide bonds. The van der Waals surface area contributed by atoms with Gasteiger partial charge in [-0.05, 0) is 60.9 Å². The summed E-state index contributed by atoms with van der Waals surface area (Å²) in [6, 6.07) is 21.2. The Labute approximate surface area is 202 Å². The molecule has 0 aromatic heterocycles. The van der Waals surface area contributed by atoms with Crippen LogP contribution in [0.1, 0.15) is 37.8 Å². The van der Waals surface area contributed by atoms with Crippen LogP contribution in [0.3, 0.4) is 0 Å². The monoisotopic (exact) mass is 477 g/mol. The quantitative estimate of drug-likeness (QED) is 0.258. The maximum atomic E-state index is 11.2. The number of anilines is 1. The van der Waals surface area contributed by atoms with Crippen molar-refractivity contribution in [3.8, 4) is 0 Å². The van der Waals surface area contributed by atoms with Crippen LogP contribution in [0.25, 0.3) is 16.8 Å². The fraction of sp³-hybridized carbons (Fsp3) is 0.321. The Morgan fingerprint density at radius 2 is 1.65 bits per heavy atom. The van der Waals surface area contributed by atoms with Crippen molar-refractivity contribution in [2.75, 3.05) is 31.3 Å². The van der Waals surface area contributed by atoms with Crippen LogP contribution in [0, 0.1) is 0 Å². The summed E-state index contributed by atoms with van der Waals surface area (Å²) in [5.41, 5.74) is 5.70. The number of hydrogen-bond acceptors (Lipinski definition) is 3. The van der Waals surface area contributed by atoms with Crippen LogP contribution in [-0.2, 0) is 15.5 Å². The topological polar surface area (TPSA) is 60.6 Å². The van der Waals surface area contributed by atoms with E-state index < -0.39 is 10.1 Å². The van der Waals surface area contributed by atoms with Gasteiger partial charge in [-0.1, -0.05) is 36.4 Å². The maximum Gasteiger partial charge on any atom is 0.264 e. The van der Waals surface area contributed by atoms with Crippen molar-refractivity contribution in [3.05, 3.63) is 77.9 Å². The minimum absolute atomic E-state index is 0.210. The molecule has 0 radical (unpaired) electrons. The van der Waals surface area contributed by atoms with Crippen LogP contribution in [0.15, 0.2) is 66.7 Å². The standard InChI is InChI=1S/C28H32N2O3S/c1-28(2)26(18-13-21-11-15-23(16-12-21)29(3)4)30(19-7-8-20-34(31,32)33)25-17-14-22-9-5-6-10-24(22)27(25)28/h5-6,9-18H,7-8,19-20H2,1-4H3/p+1. The molecule has 6 heteroatoms. The summed E-state index contributed by atoms with van der Waals surface area (Å²) in [6.45, 7) is 5.19. The Hall–Kier alpha value is -2.96. The molecule has 1 heterocycles. The molecule has 0 spiro atoms. The van der Waals surface area contributed by atoms with Gasteiger partial charge in [-0.15, -0.1) is 0 Å². The molecule has 1 N–H and O–H groups in total. The van der Waals surface area contributed by atoms with Gasteiger partial charge in [0.05, 0.1) is 11.2 Å². The van der Waals surface area contributed by atoms with E-state index in [-0.39, 0.29) is 11.2 Å². The largest absolute Gasteiger partial charge is 0.378 e. The third-order valence-corrected chi connectivity index (χ3v) is 7.44. The lowest BCUT2D eigenvalue weighted by molar-refractivity contribution is -0.438. The van der Waals surface area contributed by atoms with Gasteiger partial charge in [0.15, 0.2) is 5.71 Å². The van der Waals surface area contributed by atoms with Crippen LogP contribution in [0.4, 0.5) is 11.4 Å². The second-order valence-corrected chi connectivity index (χ2v) is 11.2. The Morgan fingerprint density at radius 1 is 0.941 bits per heavy atom. The minimum Gasteiger partial charge on any atom is -0.378 e. The minimum atomic E-state index is -3.94. The first-order valence-electron chi connectivity index (χ1n) is 11.7. The Kier molecular flexibility index (Phi) is 6.65. The lowest BCUT2D eigenvalue weighted by Gasteiger charge is -2.17. The van der Waals surface area contributed by atoms with Crippen LogP contribution in [0.5, 0.6) is 0 Å². The summed E-state index contributed by atoms with van der Waals surface area (Å²) in [5, 5.41) is 2.46. The number of rotatable bonds is 8. The predicted octanol–water partition coefficient (Wildman–Crippen LogP) is 5.66. The van der Waals surface area contributed by atoms with Crippen molar-refractivity contribution in [1.29, 1.82) is 0 Å². The van der Waals surface area contributed by atoms with Gasteiger partial charge in [0.1, 0.15) is 6.54 Å². The number of nitrogens with zero attached hydrogens (tertiary/aromatic N) is 2. The summed E-state index contributed by atoms with van der Waals surface area (Å²) in [6.07, 6.45) is 5.43. The van der Waals surface area contributed by atoms with E-state index in [2.05, 4.69) is 96.1 Å². The fourth-order valence-electron chi connectivity index (χ4n) is 4.89. The summed E-state index contributed by atoms with van der Waals surface area (Å²) in [5.74, 6) is -0.210. The molecule has 4 rings (SSSR count). The van der Waals surface area contributed by atoms with Gasteiger partial charge in [0.2, 0.25) is 5.69 Å². The molecule has 0 aliphatic carbocycles. The van der Waals surface area contributed by atoms with Gasteiger partial charge in [0.25, 0.3) is 10.1 Å². The molecule has 3 aromatic rings. The zero-order chi connectivity index (χ0) is 24.5. The van der Waals surface area contributed by atoms with Crippen LogP contribution in [0.2, 0.25) is 0 Å². The molecule has 0 saturated carbocycles.